The van der Waals surface area contributed by atoms with Gasteiger partial charge in [0.2, 0.25) is 10.0 Å². The van der Waals surface area contributed by atoms with Gasteiger partial charge in [-0.05, 0) is 19.8 Å². The Morgan fingerprint density at radius 1 is 1.42 bits per heavy atom. The molecule has 0 aliphatic carbocycles. The van der Waals surface area contributed by atoms with E-state index in [0.717, 1.165) is 0 Å². The molecule has 0 amide bonds. The van der Waals surface area contributed by atoms with Crippen molar-refractivity contribution in [2.24, 2.45) is 0 Å². The summed E-state index contributed by atoms with van der Waals surface area (Å²) < 4.78 is 26.2. The second-order valence-corrected chi connectivity index (χ2v) is 6.26. The number of aromatic amines is 1. The topological polar surface area (TPSA) is 103 Å². The van der Waals surface area contributed by atoms with Gasteiger partial charge in [-0.25, -0.2) is 13.2 Å². The Balaban J connectivity index is 3.35. The van der Waals surface area contributed by atoms with Crippen molar-refractivity contribution in [3.63, 3.8) is 0 Å². The third-order valence-electron chi connectivity index (χ3n) is 3.19. The number of hydrogen-bond acceptors (Lipinski definition) is 4. The van der Waals surface area contributed by atoms with Crippen LogP contribution in [0.3, 0.4) is 0 Å². The van der Waals surface area contributed by atoms with Gasteiger partial charge in [-0.3, -0.25) is 5.10 Å². The van der Waals surface area contributed by atoms with E-state index in [1.807, 2.05) is 13.8 Å². The van der Waals surface area contributed by atoms with Gasteiger partial charge in [0.1, 0.15) is 4.90 Å². The molecule has 0 spiro atoms. The summed E-state index contributed by atoms with van der Waals surface area (Å²) in [5.74, 6) is -1.36. The van der Waals surface area contributed by atoms with Crippen LogP contribution in [-0.2, 0) is 10.0 Å². The normalized spacial score (nSPS) is 12.3. The molecule has 0 bridgehead atoms. The number of aryl methyl sites for hydroxylation is 1. The number of carbonyl (C=O) groups is 1. The summed E-state index contributed by atoms with van der Waals surface area (Å²) in [6.45, 7) is 5.27. The highest BCUT2D eigenvalue weighted by Crippen LogP contribution is 2.24. The van der Waals surface area contributed by atoms with Crippen molar-refractivity contribution in [1.29, 1.82) is 0 Å². The number of carboxylic acid groups (broad SMARTS) is 1. The lowest BCUT2D eigenvalue weighted by Gasteiger charge is -2.25. The van der Waals surface area contributed by atoms with Crippen LogP contribution in [0.25, 0.3) is 0 Å². The van der Waals surface area contributed by atoms with Crippen molar-refractivity contribution in [3.05, 3.63) is 11.4 Å². The molecule has 1 heterocycles. The fourth-order valence-electron chi connectivity index (χ4n) is 2.02. The first-order chi connectivity index (χ1) is 8.77. The predicted octanol–water partition coefficient (Wildman–Crippen LogP) is 1.23. The molecule has 1 rings (SSSR count). The van der Waals surface area contributed by atoms with Gasteiger partial charge in [-0.15, -0.1) is 0 Å². The van der Waals surface area contributed by atoms with Crippen LogP contribution in [0, 0.1) is 6.92 Å². The van der Waals surface area contributed by atoms with Gasteiger partial charge < -0.3 is 5.11 Å². The molecule has 0 radical (unpaired) electrons. The van der Waals surface area contributed by atoms with Crippen LogP contribution in [-0.4, -0.2) is 47.1 Å². The van der Waals surface area contributed by atoms with Gasteiger partial charge in [-0.2, -0.15) is 9.40 Å². The van der Waals surface area contributed by atoms with Crippen molar-refractivity contribution >= 4 is 16.0 Å². The zero-order chi connectivity index (χ0) is 14.8. The lowest BCUT2D eigenvalue weighted by Crippen LogP contribution is -2.37. The van der Waals surface area contributed by atoms with Crippen LogP contribution in [0.4, 0.5) is 0 Å². The van der Waals surface area contributed by atoms with E-state index < -0.39 is 21.7 Å². The van der Waals surface area contributed by atoms with E-state index in [4.69, 9.17) is 5.11 Å². The molecule has 0 fully saturated rings. The van der Waals surface area contributed by atoms with Crippen LogP contribution in [0.1, 0.15) is 42.9 Å². The molecular formula is C11H19N3O4S. The summed E-state index contributed by atoms with van der Waals surface area (Å²) in [7, 11) is -2.40. The Morgan fingerprint density at radius 3 is 2.37 bits per heavy atom. The molecule has 1 aromatic rings. The van der Waals surface area contributed by atoms with E-state index >= 15 is 0 Å². The monoisotopic (exact) mass is 289 g/mol. The van der Waals surface area contributed by atoms with E-state index in [2.05, 4.69) is 10.2 Å². The molecule has 0 aliphatic rings. The van der Waals surface area contributed by atoms with Crippen LogP contribution >= 0.6 is 0 Å². The van der Waals surface area contributed by atoms with Gasteiger partial charge in [-0.1, -0.05) is 13.8 Å². The average Bonchev–Trinajstić information content (AvgIpc) is 2.73. The van der Waals surface area contributed by atoms with E-state index in [1.165, 1.54) is 18.3 Å². The molecule has 0 unspecified atom stereocenters. The minimum absolute atomic E-state index is 0.166. The minimum Gasteiger partial charge on any atom is -0.476 e. The molecule has 0 aliphatic heterocycles. The highest BCUT2D eigenvalue weighted by atomic mass is 32.2. The second kappa shape index (κ2) is 5.70. The number of rotatable bonds is 6. The molecule has 0 saturated heterocycles. The van der Waals surface area contributed by atoms with Gasteiger partial charge in [0.25, 0.3) is 0 Å². The number of aromatic carboxylic acids is 1. The highest BCUT2D eigenvalue weighted by Gasteiger charge is 2.33. The third kappa shape index (κ3) is 2.79. The Labute approximate surface area is 112 Å². The van der Waals surface area contributed by atoms with Crippen LogP contribution in [0.2, 0.25) is 0 Å². The van der Waals surface area contributed by atoms with E-state index in [-0.39, 0.29) is 16.6 Å². The molecule has 0 aromatic carbocycles. The third-order valence-corrected chi connectivity index (χ3v) is 5.26. The number of hydrogen-bond donors (Lipinski definition) is 2. The molecule has 7 nitrogen and oxygen atoms in total. The molecule has 0 saturated carbocycles. The van der Waals surface area contributed by atoms with Gasteiger partial charge in [0, 0.05) is 13.1 Å². The van der Waals surface area contributed by atoms with E-state index in [1.54, 1.807) is 0 Å². The number of H-pyrrole nitrogens is 1. The van der Waals surface area contributed by atoms with Crippen molar-refractivity contribution in [2.45, 2.75) is 44.6 Å². The SMILES string of the molecule is CCC(CC)N(C)S(=O)(=O)c1c(C(=O)O)n[nH]c1C. The maximum atomic E-state index is 12.5. The molecule has 8 heteroatoms. The van der Waals surface area contributed by atoms with Crippen molar-refractivity contribution in [3.8, 4) is 0 Å². The first-order valence-electron chi connectivity index (χ1n) is 6.03. The maximum Gasteiger partial charge on any atom is 0.357 e. The molecule has 19 heavy (non-hydrogen) atoms. The Morgan fingerprint density at radius 2 is 1.95 bits per heavy atom. The van der Waals surface area contributed by atoms with Crippen molar-refractivity contribution in [1.82, 2.24) is 14.5 Å². The van der Waals surface area contributed by atoms with Gasteiger partial charge >= 0.3 is 5.97 Å². The van der Waals surface area contributed by atoms with E-state index in [0.29, 0.717) is 12.8 Å². The predicted molar refractivity (Wildman–Crippen MR) is 69.6 cm³/mol. The number of nitrogens with zero attached hydrogens (tertiary/aromatic N) is 2. The largest absolute Gasteiger partial charge is 0.476 e. The average molecular weight is 289 g/mol. The van der Waals surface area contributed by atoms with Crippen LogP contribution < -0.4 is 0 Å². The highest BCUT2D eigenvalue weighted by molar-refractivity contribution is 7.89. The first-order valence-corrected chi connectivity index (χ1v) is 7.47. The summed E-state index contributed by atoms with van der Waals surface area (Å²) >= 11 is 0. The van der Waals surface area contributed by atoms with Crippen molar-refractivity contribution in [2.75, 3.05) is 7.05 Å². The molecule has 1 aromatic heterocycles. The number of carboxylic acids is 1. The fourth-order valence-corrected chi connectivity index (χ4v) is 3.81. The molecule has 2 N–H and O–H groups in total. The number of sulfonamides is 1. The number of nitrogens with one attached hydrogen (secondary N) is 1. The van der Waals surface area contributed by atoms with Gasteiger partial charge in [0.05, 0.1) is 5.69 Å². The first kappa shape index (κ1) is 15.6. The fraction of sp³-hybridized carbons (Fsp3) is 0.636. The summed E-state index contributed by atoms with van der Waals surface area (Å²) in [6.07, 6.45) is 1.32. The summed E-state index contributed by atoms with van der Waals surface area (Å²) in [5.41, 5.74) is -0.231. The Bertz CT molecular complexity index is 560. The quantitative estimate of drug-likeness (QED) is 0.819. The lowest BCUT2D eigenvalue weighted by atomic mass is 10.2. The zero-order valence-corrected chi connectivity index (χ0v) is 12.3. The Kier molecular flexibility index (Phi) is 4.70. The van der Waals surface area contributed by atoms with Crippen LogP contribution in [0.15, 0.2) is 4.90 Å². The standard InChI is InChI=1S/C11H19N3O4S/c1-5-8(6-2)14(4)19(17,18)10-7(3)12-13-9(10)11(15)16/h8H,5-6H2,1-4H3,(H,12,13)(H,15,16). The molecule has 108 valence electrons. The summed E-state index contributed by atoms with van der Waals surface area (Å²) in [6, 6.07) is -0.166. The van der Waals surface area contributed by atoms with E-state index in [9.17, 15) is 13.2 Å². The molecular weight excluding hydrogens is 270 g/mol. The van der Waals surface area contributed by atoms with Crippen molar-refractivity contribution < 1.29 is 18.3 Å². The minimum atomic E-state index is -3.87. The summed E-state index contributed by atoms with van der Waals surface area (Å²) in [5, 5.41) is 15.0. The second-order valence-electron chi connectivity index (χ2n) is 4.32. The number of aromatic nitrogens is 2. The van der Waals surface area contributed by atoms with Crippen LogP contribution in [0.5, 0.6) is 0 Å². The maximum absolute atomic E-state index is 12.5. The molecule has 0 atom stereocenters. The summed E-state index contributed by atoms with van der Waals surface area (Å²) in [4.78, 5) is 10.8. The zero-order valence-electron chi connectivity index (χ0n) is 11.5. The smallest absolute Gasteiger partial charge is 0.357 e. The lowest BCUT2D eigenvalue weighted by molar-refractivity contribution is 0.0686. The van der Waals surface area contributed by atoms with Gasteiger partial charge in [0.15, 0.2) is 5.69 Å². The Hall–Kier alpha value is -1.41.